The minimum atomic E-state index is -0.715. The van der Waals surface area contributed by atoms with Gasteiger partial charge in [0.1, 0.15) is 18.1 Å². The third kappa shape index (κ3) is 9.33. The SMILES string of the molecule is COC(=O)CCCCN(CCc1ccccc1OCc1ccc(C(C)(C)C)cc1)C1CCCc2cc(OC(=O)OC)ccc21. The van der Waals surface area contributed by atoms with Crippen LogP contribution in [0.3, 0.4) is 0 Å². The Morgan fingerprint density at radius 2 is 1.68 bits per heavy atom. The Hall–Kier alpha value is -3.84. The van der Waals surface area contributed by atoms with Gasteiger partial charge in [-0.3, -0.25) is 9.69 Å². The van der Waals surface area contributed by atoms with Gasteiger partial charge in [0.25, 0.3) is 0 Å². The minimum absolute atomic E-state index is 0.120. The van der Waals surface area contributed by atoms with Crippen molar-refractivity contribution in [3.8, 4) is 11.5 Å². The lowest BCUT2D eigenvalue weighted by Crippen LogP contribution is -2.34. The summed E-state index contributed by atoms with van der Waals surface area (Å²) in [5, 5.41) is 0. The number of aryl methyl sites for hydroxylation is 1. The van der Waals surface area contributed by atoms with Gasteiger partial charge in [-0.1, -0.05) is 69.3 Å². The van der Waals surface area contributed by atoms with E-state index >= 15 is 0 Å². The number of carbonyl (C=O) groups is 2. The van der Waals surface area contributed by atoms with Crippen molar-refractivity contribution in [2.24, 2.45) is 0 Å². The molecule has 0 spiro atoms. The zero-order valence-electron chi connectivity index (χ0n) is 26.9. The van der Waals surface area contributed by atoms with E-state index in [1.807, 2.05) is 18.2 Å². The number of carbonyl (C=O) groups excluding carboxylic acids is 2. The van der Waals surface area contributed by atoms with E-state index in [1.165, 1.54) is 36.5 Å². The van der Waals surface area contributed by atoms with E-state index in [4.69, 9.17) is 14.2 Å². The van der Waals surface area contributed by atoms with Gasteiger partial charge >= 0.3 is 12.1 Å². The molecule has 7 heteroatoms. The van der Waals surface area contributed by atoms with Crippen molar-refractivity contribution in [2.75, 3.05) is 27.3 Å². The second-order valence-electron chi connectivity index (χ2n) is 12.5. The fraction of sp³-hybridized carbons (Fsp3) is 0.459. The highest BCUT2D eigenvalue weighted by atomic mass is 16.7. The lowest BCUT2D eigenvalue weighted by molar-refractivity contribution is -0.140. The smallest absolute Gasteiger partial charge is 0.489 e. The van der Waals surface area contributed by atoms with Crippen LogP contribution in [-0.4, -0.2) is 44.3 Å². The van der Waals surface area contributed by atoms with Crippen molar-refractivity contribution >= 4 is 12.1 Å². The van der Waals surface area contributed by atoms with E-state index in [0.717, 1.165) is 62.9 Å². The molecule has 0 amide bonds. The summed E-state index contributed by atoms with van der Waals surface area (Å²) in [4.78, 5) is 25.9. The zero-order chi connectivity index (χ0) is 31.5. The summed E-state index contributed by atoms with van der Waals surface area (Å²) in [5.74, 6) is 1.24. The molecule has 1 aliphatic rings. The van der Waals surface area contributed by atoms with Crippen molar-refractivity contribution in [3.63, 3.8) is 0 Å². The molecule has 0 radical (unpaired) electrons. The highest BCUT2D eigenvalue weighted by molar-refractivity contribution is 5.69. The third-order valence-electron chi connectivity index (χ3n) is 8.36. The zero-order valence-corrected chi connectivity index (χ0v) is 26.9. The number of esters is 1. The Morgan fingerprint density at radius 3 is 2.41 bits per heavy atom. The van der Waals surface area contributed by atoms with Crippen LogP contribution < -0.4 is 9.47 Å². The first kappa shape index (κ1) is 33.1. The predicted molar refractivity (Wildman–Crippen MR) is 172 cm³/mol. The molecular weight excluding hydrogens is 554 g/mol. The van der Waals surface area contributed by atoms with Gasteiger partial charge in [-0.2, -0.15) is 0 Å². The van der Waals surface area contributed by atoms with Gasteiger partial charge in [-0.05, 0) is 96.5 Å². The Kier molecular flexibility index (Phi) is 11.8. The summed E-state index contributed by atoms with van der Waals surface area (Å²) in [6, 6.07) is 23.1. The van der Waals surface area contributed by atoms with Crippen LogP contribution >= 0.6 is 0 Å². The van der Waals surface area contributed by atoms with Crippen molar-refractivity contribution in [1.29, 1.82) is 0 Å². The number of ether oxygens (including phenoxy) is 4. The molecule has 1 unspecified atom stereocenters. The minimum Gasteiger partial charge on any atom is -0.489 e. The van der Waals surface area contributed by atoms with Crippen molar-refractivity contribution < 1.29 is 28.5 Å². The molecule has 7 nitrogen and oxygen atoms in total. The number of benzene rings is 3. The quantitative estimate of drug-likeness (QED) is 0.112. The van der Waals surface area contributed by atoms with Crippen LogP contribution in [0.5, 0.6) is 11.5 Å². The number of hydrogen-bond donors (Lipinski definition) is 0. The average Bonchev–Trinajstić information content (AvgIpc) is 3.03. The first-order chi connectivity index (χ1) is 21.2. The fourth-order valence-corrected chi connectivity index (χ4v) is 5.83. The van der Waals surface area contributed by atoms with Crippen LogP contribution in [0.1, 0.15) is 86.7 Å². The van der Waals surface area contributed by atoms with E-state index < -0.39 is 6.16 Å². The van der Waals surface area contributed by atoms with Crippen LogP contribution in [0, 0.1) is 0 Å². The summed E-state index contributed by atoms with van der Waals surface area (Å²) in [7, 11) is 2.74. The molecule has 0 bridgehead atoms. The Labute approximate surface area is 262 Å². The van der Waals surface area contributed by atoms with Gasteiger partial charge < -0.3 is 18.9 Å². The summed E-state index contributed by atoms with van der Waals surface area (Å²) >= 11 is 0. The highest BCUT2D eigenvalue weighted by Gasteiger charge is 2.27. The van der Waals surface area contributed by atoms with E-state index in [2.05, 4.69) is 78.9 Å². The van der Waals surface area contributed by atoms with E-state index in [0.29, 0.717) is 18.8 Å². The van der Waals surface area contributed by atoms with Gasteiger partial charge in [0, 0.05) is 19.0 Å². The molecule has 0 saturated carbocycles. The Bertz CT molecular complexity index is 1380. The maximum Gasteiger partial charge on any atom is 0.513 e. The molecule has 1 atom stereocenters. The van der Waals surface area contributed by atoms with Crippen molar-refractivity contribution in [3.05, 3.63) is 94.5 Å². The molecule has 236 valence electrons. The molecule has 3 aromatic carbocycles. The third-order valence-corrected chi connectivity index (χ3v) is 8.36. The average molecular weight is 602 g/mol. The standard InChI is InChI=1S/C37H47NO6/c1-37(2,3)30-18-16-27(17-19-30)26-43-34-14-7-6-11-28(34)22-24-38(23-9-8-15-35(39)41-4)33-13-10-12-29-25-31(20-21-32(29)33)44-36(40)42-5/h6-7,11,14,16-21,25,33H,8-10,12-13,15,22-24,26H2,1-5H3. The van der Waals surface area contributed by atoms with Gasteiger partial charge in [0.15, 0.2) is 0 Å². The molecule has 3 aromatic rings. The summed E-state index contributed by atoms with van der Waals surface area (Å²) in [5.41, 5.74) is 6.22. The van der Waals surface area contributed by atoms with Crippen LogP contribution in [0.15, 0.2) is 66.7 Å². The normalized spacial score (nSPS) is 14.5. The highest BCUT2D eigenvalue weighted by Crippen LogP contribution is 2.37. The Morgan fingerprint density at radius 1 is 0.909 bits per heavy atom. The number of rotatable bonds is 13. The van der Waals surface area contributed by atoms with Crippen LogP contribution in [0.4, 0.5) is 4.79 Å². The molecule has 0 aromatic heterocycles. The molecular formula is C37H47NO6. The number of unbranched alkanes of at least 4 members (excludes halogenated alkanes) is 1. The molecule has 0 fully saturated rings. The van der Waals surface area contributed by atoms with Gasteiger partial charge in [0.2, 0.25) is 0 Å². The first-order valence-corrected chi connectivity index (χ1v) is 15.7. The number of fused-ring (bicyclic) bond motifs is 1. The van der Waals surface area contributed by atoms with Crippen LogP contribution in [0.2, 0.25) is 0 Å². The maximum atomic E-state index is 11.7. The van der Waals surface area contributed by atoms with E-state index in [9.17, 15) is 9.59 Å². The van der Waals surface area contributed by atoms with Crippen LogP contribution in [-0.2, 0) is 39.1 Å². The first-order valence-electron chi connectivity index (χ1n) is 15.7. The van der Waals surface area contributed by atoms with E-state index in [1.54, 1.807) is 0 Å². The molecule has 4 rings (SSSR count). The van der Waals surface area contributed by atoms with Crippen molar-refractivity contribution in [1.82, 2.24) is 4.90 Å². The monoisotopic (exact) mass is 601 g/mol. The molecule has 1 aliphatic carbocycles. The van der Waals surface area contributed by atoms with Gasteiger partial charge in [-0.25, -0.2) is 4.79 Å². The second-order valence-corrected chi connectivity index (χ2v) is 12.5. The lowest BCUT2D eigenvalue weighted by atomic mass is 9.86. The lowest BCUT2D eigenvalue weighted by Gasteiger charge is -2.36. The Balaban J connectivity index is 1.47. The summed E-state index contributed by atoms with van der Waals surface area (Å²) < 4.78 is 21.2. The molecule has 0 heterocycles. The summed E-state index contributed by atoms with van der Waals surface area (Å²) in [6.45, 7) is 8.90. The second kappa shape index (κ2) is 15.8. The maximum absolute atomic E-state index is 11.7. The van der Waals surface area contributed by atoms with Gasteiger partial charge in [-0.15, -0.1) is 0 Å². The predicted octanol–water partition coefficient (Wildman–Crippen LogP) is 7.97. The van der Waals surface area contributed by atoms with Crippen molar-refractivity contribution in [2.45, 2.75) is 83.8 Å². The number of methoxy groups -OCH3 is 2. The number of hydrogen-bond acceptors (Lipinski definition) is 7. The molecule has 0 N–H and O–H groups in total. The van der Waals surface area contributed by atoms with Crippen LogP contribution in [0.25, 0.3) is 0 Å². The fourth-order valence-electron chi connectivity index (χ4n) is 5.83. The molecule has 0 saturated heterocycles. The number of nitrogens with zero attached hydrogens (tertiary/aromatic N) is 1. The van der Waals surface area contributed by atoms with E-state index in [-0.39, 0.29) is 17.4 Å². The largest absolute Gasteiger partial charge is 0.513 e. The van der Waals surface area contributed by atoms with Gasteiger partial charge in [0.05, 0.1) is 14.2 Å². The topological polar surface area (TPSA) is 74.3 Å². The number of para-hydroxylation sites is 1. The molecule has 44 heavy (non-hydrogen) atoms. The molecule has 0 aliphatic heterocycles. The summed E-state index contributed by atoms with van der Waals surface area (Å²) in [6.07, 6.45) is 5.25.